The molecule has 26 heavy (non-hydrogen) atoms. The molecule has 2 N–H and O–H groups in total. The molecule has 8 heteroatoms. The van der Waals surface area contributed by atoms with Crippen LogP contribution in [0.3, 0.4) is 0 Å². The van der Waals surface area contributed by atoms with E-state index in [1.807, 2.05) is 17.5 Å². The fraction of sp³-hybridized carbons (Fsp3) is 0.222. The number of nitrogens with one attached hydrogen (secondary N) is 2. The molecule has 4 rings (SSSR count). The van der Waals surface area contributed by atoms with E-state index in [2.05, 4.69) is 25.5 Å². The van der Waals surface area contributed by atoms with Crippen LogP contribution in [0.2, 0.25) is 0 Å². The highest BCUT2D eigenvalue weighted by molar-refractivity contribution is 5.99. The maximum Gasteiger partial charge on any atom is 0.255 e. The summed E-state index contributed by atoms with van der Waals surface area (Å²) in [7, 11) is 0. The standard InChI is InChI=1S/C18H17FN6O/c1-2-16-23-24-17-12(4-3-9-25(16)17)18(26)20-8-7-15-21-13-6-5-11(19)10-14(13)22-15/h3-6,9-10H,2,7-8H2,1H3,(H,20,26)(H,21,22). The molecule has 0 unspecified atom stereocenters. The number of rotatable bonds is 5. The number of imidazole rings is 1. The minimum atomic E-state index is -0.311. The molecule has 0 aliphatic heterocycles. The van der Waals surface area contributed by atoms with Gasteiger partial charge in [0.05, 0.1) is 16.6 Å². The van der Waals surface area contributed by atoms with Gasteiger partial charge in [0.15, 0.2) is 5.65 Å². The van der Waals surface area contributed by atoms with Gasteiger partial charge in [-0.05, 0) is 30.3 Å². The van der Waals surface area contributed by atoms with Gasteiger partial charge < -0.3 is 10.3 Å². The van der Waals surface area contributed by atoms with Crippen LogP contribution >= 0.6 is 0 Å². The molecule has 3 heterocycles. The normalized spacial score (nSPS) is 11.3. The summed E-state index contributed by atoms with van der Waals surface area (Å²) in [5.74, 6) is 0.977. The van der Waals surface area contributed by atoms with Gasteiger partial charge >= 0.3 is 0 Å². The molecule has 0 fully saturated rings. The zero-order chi connectivity index (χ0) is 18.1. The predicted molar refractivity (Wildman–Crippen MR) is 94.5 cm³/mol. The van der Waals surface area contributed by atoms with Crippen LogP contribution in [0.1, 0.15) is 28.9 Å². The summed E-state index contributed by atoms with van der Waals surface area (Å²) >= 11 is 0. The van der Waals surface area contributed by atoms with E-state index in [4.69, 9.17) is 0 Å². The average Bonchev–Trinajstić information content (AvgIpc) is 3.24. The molecule has 132 valence electrons. The first kappa shape index (κ1) is 16.2. The fourth-order valence-electron chi connectivity index (χ4n) is 2.92. The largest absolute Gasteiger partial charge is 0.351 e. The Labute approximate surface area is 148 Å². The topological polar surface area (TPSA) is 88.0 Å². The summed E-state index contributed by atoms with van der Waals surface area (Å²) in [5, 5.41) is 11.1. The van der Waals surface area contributed by atoms with Crippen molar-refractivity contribution < 1.29 is 9.18 Å². The second-order valence-corrected chi connectivity index (χ2v) is 5.94. The molecule has 7 nitrogen and oxygen atoms in total. The molecule has 3 aromatic heterocycles. The van der Waals surface area contributed by atoms with E-state index in [-0.39, 0.29) is 11.7 Å². The quantitative estimate of drug-likeness (QED) is 0.577. The number of aryl methyl sites for hydroxylation is 1. The number of fused-ring (bicyclic) bond motifs is 2. The van der Waals surface area contributed by atoms with Crippen molar-refractivity contribution in [2.45, 2.75) is 19.8 Å². The van der Waals surface area contributed by atoms with Gasteiger partial charge in [0.25, 0.3) is 5.91 Å². The van der Waals surface area contributed by atoms with Gasteiger partial charge in [-0.15, -0.1) is 10.2 Å². The Bertz CT molecular complexity index is 1100. The Morgan fingerprint density at radius 1 is 1.31 bits per heavy atom. The lowest BCUT2D eigenvalue weighted by Gasteiger charge is -2.05. The summed E-state index contributed by atoms with van der Waals surface area (Å²) in [5.41, 5.74) is 2.37. The number of halogens is 1. The van der Waals surface area contributed by atoms with Gasteiger partial charge in [-0.3, -0.25) is 9.20 Å². The Morgan fingerprint density at radius 2 is 2.19 bits per heavy atom. The number of aromatic amines is 1. The molecular weight excluding hydrogens is 335 g/mol. The lowest BCUT2D eigenvalue weighted by molar-refractivity contribution is 0.0955. The van der Waals surface area contributed by atoms with E-state index in [0.717, 1.165) is 12.2 Å². The zero-order valence-electron chi connectivity index (χ0n) is 14.2. The van der Waals surface area contributed by atoms with Crippen LogP contribution in [-0.2, 0) is 12.8 Å². The summed E-state index contributed by atoms with van der Waals surface area (Å²) in [6.45, 7) is 2.39. The molecule has 0 radical (unpaired) electrons. The summed E-state index contributed by atoms with van der Waals surface area (Å²) in [4.78, 5) is 19.9. The van der Waals surface area contributed by atoms with Crippen LogP contribution in [-0.4, -0.2) is 37.0 Å². The molecule has 4 aromatic rings. The molecule has 1 amide bonds. The monoisotopic (exact) mass is 352 g/mol. The number of benzene rings is 1. The van der Waals surface area contributed by atoms with Crippen molar-refractivity contribution in [3.63, 3.8) is 0 Å². The van der Waals surface area contributed by atoms with Crippen LogP contribution in [0.25, 0.3) is 16.7 Å². The van der Waals surface area contributed by atoms with Crippen molar-refractivity contribution in [1.29, 1.82) is 0 Å². The Hall–Kier alpha value is -3.29. The number of pyridine rings is 1. The van der Waals surface area contributed by atoms with Gasteiger partial charge in [-0.1, -0.05) is 6.92 Å². The van der Waals surface area contributed by atoms with Crippen LogP contribution in [0.5, 0.6) is 0 Å². The van der Waals surface area contributed by atoms with E-state index in [0.29, 0.717) is 41.0 Å². The third kappa shape index (κ3) is 2.90. The number of nitrogens with zero attached hydrogens (tertiary/aromatic N) is 4. The van der Waals surface area contributed by atoms with Crippen molar-refractivity contribution >= 4 is 22.6 Å². The maximum atomic E-state index is 13.2. The minimum absolute atomic E-state index is 0.215. The Balaban J connectivity index is 1.46. The number of carbonyl (C=O) groups excluding carboxylic acids is 1. The molecule has 0 saturated carbocycles. The van der Waals surface area contributed by atoms with E-state index in [1.54, 1.807) is 18.2 Å². The first-order valence-electron chi connectivity index (χ1n) is 8.40. The summed E-state index contributed by atoms with van der Waals surface area (Å²) < 4.78 is 15.1. The van der Waals surface area contributed by atoms with Crippen molar-refractivity contribution in [3.05, 3.63) is 59.6 Å². The highest BCUT2D eigenvalue weighted by Crippen LogP contribution is 2.13. The van der Waals surface area contributed by atoms with Crippen LogP contribution in [0, 0.1) is 5.82 Å². The molecule has 0 aliphatic carbocycles. The molecule has 0 atom stereocenters. The van der Waals surface area contributed by atoms with E-state index < -0.39 is 0 Å². The number of hydrogen-bond donors (Lipinski definition) is 2. The molecule has 0 aliphatic rings. The summed E-state index contributed by atoms with van der Waals surface area (Å²) in [6, 6.07) is 7.93. The Kier molecular flexibility index (Phi) is 4.08. The lowest BCUT2D eigenvalue weighted by atomic mass is 10.2. The van der Waals surface area contributed by atoms with Crippen molar-refractivity contribution in [1.82, 2.24) is 29.9 Å². The number of hydrogen-bond acceptors (Lipinski definition) is 4. The van der Waals surface area contributed by atoms with E-state index >= 15 is 0 Å². The molecule has 0 saturated heterocycles. The first-order chi connectivity index (χ1) is 12.7. The van der Waals surface area contributed by atoms with E-state index in [9.17, 15) is 9.18 Å². The van der Waals surface area contributed by atoms with Gasteiger partial charge in [0, 0.05) is 25.6 Å². The number of aromatic nitrogens is 5. The van der Waals surface area contributed by atoms with Crippen molar-refractivity contribution in [2.24, 2.45) is 0 Å². The molecular formula is C18H17FN6O. The molecule has 1 aromatic carbocycles. The maximum absolute atomic E-state index is 13.2. The Morgan fingerprint density at radius 3 is 3.04 bits per heavy atom. The number of H-pyrrole nitrogens is 1. The smallest absolute Gasteiger partial charge is 0.255 e. The fourth-order valence-corrected chi connectivity index (χ4v) is 2.92. The van der Waals surface area contributed by atoms with Gasteiger partial charge in [0.2, 0.25) is 0 Å². The van der Waals surface area contributed by atoms with Gasteiger partial charge in [-0.25, -0.2) is 9.37 Å². The van der Waals surface area contributed by atoms with Crippen molar-refractivity contribution in [3.8, 4) is 0 Å². The van der Waals surface area contributed by atoms with Crippen molar-refractivity contribution in [2.75, 3.05) is 6.54 Å². The highest BCUT2D eigenvalue weighted by Gasteiger charge is 2.14. The van der Waals surface area contributed by atoms with E-state index in [1.165, 1.54) is 12.1 Å². The number of carbonyl (C=O) groups is 1. The first-order valence-corrected chi connectivity index (χ1v) is 8.40. The third-order valence-corrected chi connectivity index (χ3v) is 4.21. The second-order valence-electron chi connectivity index (χ2n) is 5.94. The zero-order valence-corrected chi connectivity index (χ0v) is 14.2. The SMILES string of the molecule is CCc1nnc2c(C(=O)NCCc3nc4ccc(F)cc4[nH]3)cccn12. The lowest BCUT2D eigenvalue weighted by Crippen LogP contribution is -2.26. The predicted octanol–water partition coefficient (Wildman–Crippen LogP) is 2.28. The third-order valence-electron chi connectivity index (χ3n) is 4.21. The van der Waals surface area contributed by atoms with Crippen LogP contribution < -0.4 is 5.32 Å². The number of amides is 1. The van der Waals surface area contributed by atoms with Crippen LogP contribution in [0.15, 0.2) is 36.5 Å². The average molecular weight is 352 g/mol. The highest BCUT2D eigenvalue weighted by atomic mass is 19.1. The second kappa shape index (κ2) is 6.55. The van der Waals surface area contributed by atoms with Gasteiger partial charge in [0.1, 0.15) is 17.5 Å². The molecule has 0 spiro atoms. The van der Waals surface area contributed by atoms with Crippen LogP contribution in [0.4, 0.5) is 4.39 Å². The van der Waals surface area contributed by atoms with Gasteiger partial charge in [-0.2, -0.15) is 0 Å². The molecule has 0 bridgehead atoms. The summed E-state index contributed by atoms with van der Waals surface area (Å²) in [6.07, 6.45) is 3.09. The minimum Gasteiger partial charge on any atom is -0.351 e.